The second-order valence-electron chi connectivity index (χ2n) is 2.62. The van der Waals surface area contributed by atoms with Crippen molar-refractivity contribution in [2.24, 2.45) is 0 Å². The zero-order valence-corrected chi connectivity index (χ0v) is 6.87. The Morgan fingerprint density at radius 3 is 2.92 bits per heavy atom. The zero-order valence-electron chi connectivity index (χ0n) is 6.87. The first kappa shape index (κ1) is 8.59. The number of phenolic OH excluding ortho intramolecular Hbond substituents is 1. The number of carbonyl (C=O) groups is 1. The van der Waals surface area contributed by atoms with Crippen LogP contribution in [-0.4, -0.2) is 11.5 Å². The van der Waals surface area contributed by atoms with Gasteiger partial charge in [0, 0.05) is 6.54 Å². The molecule has 0 unspecified atom stereocenters. The Bertz CT molecular complexity index is 284. The third-order valence-electron chi connectivity index (χ3n) is 1.65. The van der Waals surface area contributed by atoms with Gasteiger partial charge in [0.05, 0.1) is 0 Å². The molecule has 1 rings (SSSR count). The first-order valence-electron chi connectivity index (χ1n) is 3.69. The van der Waals surface area contributed by atoms with Crippen LogP contribution in [0.5, 0.6) is 5.75 Å². The summed E-state index contributed by atoms with van der Waals surface area (Å²) in [6.45, 7) is 2.32. The number of hydrogen-bond donors (Lipinski definition) is 2. The van der Waals surface area contributed by atoms with Gasteiger partial charge in [-0.25, -0.2) is 0 Å². The lowest BCUT2D eigenvalue weighted by atomic mass is 10.1. The molecule has 0 heterocycles. The van der Waals surface area contributed by atoms with Gasteiger partial charge in [0.25, 0.3) is 0 Å². The molecule has 12 heavy (non-hydrogen) atoms. The third kappa shape index (κ3) is 1.99. The Morgan fingerprint density at radius 1 is 1.58 bits per heavy atom. The average Bonchev–Trinajstić information content (AvgIpc) is 2.07. The van der Waals surface area contributed by atoms with Crippen LogP contribution in [0.4, 0.5) is 0 Å². The highest BCUT2D eigenvalue weighted by molar-refractivity contribution is 5.46. The summed E-state index contributed by atoms with van der Waals surface area (Å²) in [4.78, 5) is 9.97. The van der Waals surface area contributed by atoms with E-state index in [9.17, 15) is 9.90 Å². The quantitative estimate of drug-likeness (QED) is 0.655. The fourth-order valence-electron chi connectivity index (χ4n) is 0.987. The Morgan fingerprint density at radius 2 is 2.33 bits per heavy atom. The molecule has 0 saturated heterocycles. The summed E-state index contributed by atoms with van der Waals surface area (Å²) < 4.78 is 0. The van der Waals surface area contributed by atoms with Gasteiger partial charge in [0.1, 0.15) is 5.75 Å². The first-order chi connectivity index (χ1) is 5.74. The molecule has 0 fully saturated rings. The van der Waals surface area contributed by atoms with E-state index in [0.29, 0.717) is 13.0 Å². The zero-order chi connectivity index (χ0) is 8.97. The number of rotatable bonds is 3. The van der Waals surface area contributed by atoms with Crippen molar-refractivity contribution in [1.82, 2.24) is 5.32 Å². The summed E-state index contributed by atoms with van der Waals surface area (Å²) in [5, 5.41) is 11.7. The molecule has 0 atom stereocenters. The molecule has 0 saturated carbocycles. The van der Waals surface area contributed by atoms with Crippen LogP contribution in [0.25, 0.3) is 0 Å². The lowest BCUT2D eigenvalue weighted by molar-refractivity contribution is -0.109. The first-order valence-corrected chi connectivity index (χ1v) is 3.69. The monoisotopic (exact) mass is 165 g/mol. The molecule has 0 aliphatic rings. The second kappa shape index (κ2) is 3.76. The van der Waals surface area contributed by atoms with Gasteiger partial charge in [0.15, 0.2) is 0 Å². The van der Waals surface area contributed by atoms with E-state index in [2.05, 4.69) is 5.32 Å². The third-order valence-corrected chi connectivity index (χ3v) is 1.65. The van der Waals surface area contributed by atoms with E-state index >= 15 is 0 Å². The molecule has 1 aromatic rings. The molecule has 0 aromatic heterocycles. The summed E-state index contributed by atoms with van der Waals surface area (Å²) in [7, 11) is 0. The largest absolute Gasteiger partial charge is 0.508 e. The van der Waals surface area contributed by atoms with Crippen molar-refractivity contribution in [2.45, 2.75) is 13.5 Å². The summed E-state index contributed by atoms with van der Waals surface area (Å²) >= 11 is 0. The van der Waals surface area contributed by atoms with Gasteiger partial charge in [-0.05, 0) is 24.1 Å². The minimum Gasteiger partial charge on any atom is -0.508 e. The minimum absolute atomic E-state index is 0.282. The number of amides is 1. The van der Waals surface area contributed by atoms with Crippen LogP contribution in [0, 0.1) is 6.92 Å². The Labute approximate surface area is 71.0 Å². The van der Waals surface area contributed by atoms with E-state index in [1.54, 1.807) is 12.1 Å². The van der Waals surface area contributed by atoms with E-state index in [0.717, 1.165) is 11.1 Å². The normalized spacial score (nSPS) is 9.42. The van der Waals surface area contributed by atoms with Crippen molar-refractivity contribution in [3.63, 3.8) is 0 Å². The lowest BCUT2D eigenvalue weighted by Gasteiger charge is -2.02. The maximum absolute atomic E-state index is 9.97. The van der Waals surface area contributed by atoms with Crippen molar-refractivity contribution in [2.75, 3.05) is 0 Å². The van der Waals surface area contributed by atoms with Crippen LogP contribution in [0.15, 0.2) is 18.2 Å². The highest BCUT2D eigenvalue weighted by Gasteiger charge is 1.96. The van der Waals surface area contributed by atoms with Crippen molar-refractivity contribution in [1.29, 1.82) is 0 Å². The Hall–Kier alpha value is -1.51. The number of aryl methyl sites for hydroxylation is 1. The van der Waals surface area contributed by atoms with Crippen LogP contribution in [0.1, 0.15) is 11.1 Å². The van der Waals surface area contributed by atoms with Crippen molar-refractivity contribution >= 4 is 6.41 Å². The molecule has 64 valence electrons. The van der Waals surface area contributed by atoms with E-state index in [1.807, 2.05) is 13.0 Å². The van der Waals surface area contributed by atoms with Crippen LogP contribution in [0.3, 0.4) is 0 Å². The second-order valence-corrected chi connectivity index (χ2v) is 2.62. The molecule has 0 aliphatic heterocycles. The van der Waals surface area contributed by atoms with E-state index in [4.69, 9.17) is 0 Å². The van der Waals surface area contributed by atoms with Crippen molar-refractivity contribution < 1.29 is 9.90 Å². The summed E-state index contributed by atoms with van der Waals surface area (Å²) in [6, 6.07) is 5.24. The number of benzene rings is 1. The van der Waals surface area contributed by atoms with Gasteiger partial charge in [0.2, 0.25) is 6.41 Å². The van der Waals surface area contributed by atoms with Gasteiger partial charge in [-0.15, -0.1) is 0 Å². The van der Waals surface area contributed by atoms with Gasteiger partial charge in [-0.1, -0.05) is 12.1 Å². The molecule has 1 amide bonds. The number of aromatic hydroxyl groups is 1. The maximum Gasteiger partial charge on any atom is 0.207 e. The molecule has 3 nitrogen and oxygen atoms in total. The van der Waals surface area contributed by atoms with Crippen molar-refractivity contribution in [3.05, 3.63) is 29.3 Å². The molecule has 0 bridgehead atoms. The summed E-state index contributed by atoms with van der Waals surface area (Å²) in [5.41, 5.74) is 1.80. The van der Waals surface area contributed by atoms with Crippen molar-refractivity contribution in [3.8, 4) is 5.75 Å². The van der Waals surface area contributed by atoms with Crippen LogP contribution in [0.2, 0.25) is 0 Å². The minimum atomic E-state index is 0.282. The van der Waals surface area contributed by atoms with Crippen LogP contribution >= 0.6 is 0 Å². The Kier molecular flexibility index (Phi) is 2.69. The standard InChI is InChI=1S/C9H11NO2/c1-7-4-8(5-10-6-11)2-3-9(7)12/h2-4,6,12H,5H2,1H3,(H,10,11). The predicted octanol–water partition coefficient (Wildman–Crippen LogP) is 0.947. The number of carbonyl (C=O) groups excluding carboxylic acids is 1. The molecular formula is C9H11NO2. The topological polar surface area (TPSA) is 49.3 Å². The highest BCUT2D eigenvalue weighted by Crippen LogP contribution is 2.16. The van der Waals surface area contributed by atoms with Crippen LogP contribution in [-0.2, 0) is 11.3 Å². The number of phenols is 1. The lowest BCUT2D eigenvalue weighted by Crippen LogP contribution is -2.09. The molecule has 2 N–H and O–H groups in total. The Balaban J connectivity index is 2.75. The van der Waals surface area contributed by atoms with E-state index in [1.165, 1.54) is 0 Å². The summed E-state index contributed by atoms with van der Waals surface area (Å²) in [6.07, 6.45) is 0.655. The maximum atomic E-state index is 9.97. The molecular weight excluding hydrogens is 154 g/mol. The molecule has 0 aliphatic carbocycles. The molecule has 0 spiro atoms. The fraction of sp³-hybridized carbons (Fsp3) is 0.222. The highest BCUT2D eigenvalue weighted by atomic mass is 16.3. The fourth-order valence-corrected chi connectivity index (χ4v) is 0.987. The molecule has 0 radical (unpaired) electrons. The van der Waals surface area contributed by atoms with E-state index < -0.39 is 0 Å². The number of nitrogens with one attached hydrogen (secondary N) is 1. The van der Waals surface area contributed by atoms with E-state index in [-0.39, 0.29) is 5.75 Å². The smallest absolute Gasteiger partial charge is 0.207 e. The molecule has 3 heteroatoms. The predicted molar refractivity (Wildman–Crippen MR) is 45.7 cm³/mol. The SMILES string of the molecule is Cc1cc(CNC=O)ccc1O. The summed E-state index contributed by atoms with van der Waals surface area (Å²) in [5.74, 6) is 0.282. The number of hydrogen-bond acceptors (Lipinski definition) is 2. The molecule has 1 aromatic carbocycles. The van der Waals surface area contributed by atoms with Gasteiger partial charge in [-0.3, -0.25) is 4.79 Å². The van der Waals surface area contributed by atoms with Gasteiger partial charge in [-0.2, -0.15) is 0 Å². The van der Waals surface area contributed by atoms with Gasteiger partial charge < -0.3 is 10.4 Å². The van der Waals surface area contributed by atoms with Gasteiger partial charge >= 0.3 is 0 Å². The average molecular weight is 165 g/mol. The van der Waals surface area contributed by atoms with Crippen LogP contribution < -0.4 is 5.32 Å².